The van der Waals surface area contributed by atoms with Crippen molar-refractivity contribution in [3.05, 3.63) is 42.1 Å². The number of aromatic hydroxyl groups is 1. The molecule has 24 heteroatoms. The Morgan fingerprint density at radius 1 is 0.761 bits per heavy atom. The van der Waals surface area contributed by atoms with E-state index >= 15 is 0 Å². The van der Waals surface area contributed by atoms with Crippen LogP contribution < -0.4 is 65.1 Å². The molecule has 67 heavy (non-hydrogen) atoms. The van der Waals surface area contributed by atoms with Gasteiger partial charge >= 0.3 is 0 Å². The van der Waals surface area contributed by atoms with E-state index in [0.29, 0.717) is 12.0 Å². The summed E-state index contributed by atoms with van der Waals surface area (Å²) in [6.07, 6.45) is -1.93. The maximum Gasteiger partial charge on any atom is 0.243 e. The number of hydrogen-bond acceptors (Lipinski definition) is 13. The van der Waals surface area contributed by atoms with Gasteiger partial charge in [-0.25, -0.2) is 0 Å². The molecule has 1 fully saturated rings. The van der Waals surface area contributed by atoms with Gasteiger partial charge in [-0.15, -0.1) is 0 Å². The Bertz CT molecular complexity index is 2000. The fraction of sp³-hybridized carbons (Fsp3) is 0.558. The molecule has 0 aromatic heterocycles. The second-order valence-electron chi connectivity index (χ2n) is 16.8. The van der Waals surface area contributed by atoms with Gasteiger partial charge in [0.1, 0.15) is 42.0 Å². The molecule has 1 aliphatic rings. The number of carbonyl (C=O) groups is 11. The summed E-state index contributed by atoms with van der Waals surface area (Å²) in [6.45, 7) is 11.4. The lowest BCUT2D eigenvalue weighted by Crippen LogP contribution is -2.60. The largest absolute Gasteiger partial charge is 0.508 e. The number of benzene rings is 1. The van der Waals surface area contributed by atoms with Crippen molar-refractivity contribution in [3.8, 4) is 5.75 Å². The van der Waals surface area contributed by atoms with E-state index in [9.17, 15) is 57.8 Å². The summed E-state index contributed by atoms with van der Waals surface area (Å²) in [4.78, 5) is 144. The summed E-state index contributed by atoms with van der Waals surface area (Å²) in [5, 5.41) is 32.7. The third-order valence-corrected chi connectivity index (χ3v) is 10.6. The van der Waals surface area contributed by atoms with Gasteiger partial charge in [0.25, 0.3) is 0 Å². The Morgan fingerprint density at radius 2 is 1.39 bits per heavy atom. The van der Waals surface area contributed by atoms with Gasteiger partial charge in [-0.3, -0.25) is 52.7 Å². The minimum absolute atomic E-state index is 0.0109. The Labute approximate surface area is 388 Å². The molecule has 0 spiro atoms. The van der Waals surface area contributed by atoms with E-state index in [-0.39, 0.29) is 36.6 Å². The molecule has 2 rings (SSSR count). The molecule has 1 heterocycles. The number of nitrogens with two attached hydrogens (primary N) is 3. The molecule has 16 N–H and O–H groups in total. The van der Waals surface area contributed by atoms with Gasteiger partial charge in [0.05, 0.1) is 25.6 Å². The number of carbonyl (C=O) groups excluding carboxylic acids is 11. The summed E-state index contributed by atoms with van der Waals surface area (Å²) in [5.74, 6) is -10.3. The Kier molecular flexibility index (Phi) is 22.7. The average Bonchev–Trinajstić information content (AvgIpc) is 3.25. The van der Waals surface area contributed by atoms with Gasteiger partial charge in [0.15, 0.2) is 0 Å². The van der Waals surface area contributed by atoms with Crippen molar-refractivity contribution in [2.24, 2.45) is 29.0 Å². The number of phenolic OH excluding ortho intramolecular Hbond substituents is 1. The van der Waals surface area contributed by atoms with Crippen molar-refractivity contribution in [2.45, 2.75) is 128 Å². The van der Waals surface area contributed by atoms with E-state index in [0.717, 1.165) is 0 Å². The van der Waals surface area contributed by atoms with Crippen LogP contribution in [-0.2, 0) is 59.2 Å². The van der Waals surface area contributed by atoms with Crippen LogP contribution in [0.3, 0.4) is 0 Å². The average molecular weight is 943 g/mol. The van der Waals surface area contributed by atoms with Gasteiger partial charge < -0.3 is 70.2 Å². The zero-order valence-electron chi connectivity index (χ0n) is 38.5. The number of hydrogen-bond donors (Lipinski definition) is 13. The first-order valence-electron chi connectivity index (χ1n) is 21.8. The summed E-state index contributed by atoms with van der Waals surface area (Å²) in [7, 11) is 0. The van der Waals surface area contributed by atoms with Crippen molar-refractivity contribution in [1.82, 2.24) is 47.9 Å². The van der Waals surface area contributed by atoms with Gasteiger partial charge in [-0.05, 0) is 62.1 Å². The van der Waals surface area contributed by atoms with Crippen LogP contribution >= 0.6 is 0 Å². The Balaban J connectivity index is 2.58. The van der Waals surface area contributed by atoms with Crippen LogP contribution in [0.4, 0.5) is 0 Å². The van der Waals surface area contributed by atoms with Crippen LogP contribution in [0.2, 0.25) is 0 Å². The molecule has 0 unspecified atom stereocenters. The molecule has 1 saturated heterocycles. The number of primary amides is 3. The van der Waals surface area contributed by atoms with Crippen LogP contribution in [0.25, 0.3) is 0 Å². The molecule has 1 aromatic carbocycles. The minimum Gasteiger partial charge on any atom is -0.508 e. The van der Waals surface area contributed by atoms with E-state index in [1.54, 1.807) is 39.8 Å². The minimum atomic E-state index is -1.79. The molecule has 0 saturated carbocycles. The van der Waals surface area contributed by atoms with Crippen molar-refractivity contribution in [2.75, 3.05) is 13.1 Å². The van der Waals surface area contributed by atoms with E-state index in [2.05, 4.69) is 54.4 Å². The van der Waals surface area contributed by atoms with Gasteiger partial charge in [-0.1, -0.05) is 52.8 Å². The molecular formula is C43H66N12O12. The third kappa shape index (κ3) is 20.2. The molecule has 8 atom stereocenters. The molecule has 0 bridgehead atoms. The molecule has 1 aromatic rings. The van der Waals surface area contributed by atoms with Gasteiger partial charge in [0, 0.05) is 18.5 Å². The van der Waals surface area contributed by atoms with E-state index < -0.39 is 152 Å². The summed E-state index contributed by atoms with van der Waals surface area (Å²) >= 11 is 0. The first-order valence-corrected chi connectivity index (χ1v) is 21.8. The highest BCUT2D eigenvalue weighted by molar-refractivity contribution is 5.98. The molecule has 0 radical (unpaired) electrons. The number of amides is 11. The summed E-state index contributed by atoms with van der Waals surface area (Å²) < 4.78 is 0. The second-order valence-corrected chi connectivity index (χ2v) is 16.8. The van der Waals surface area contributed by atoms with Crippen LogP contribution in [0.15, 0.2) is 36.5 Å². The SMILES string of the molecule is C=C1N[C@@H]([C@@H](C)CC)C(=O)N[C@@H](CCC(N)=O)C(=O)N[C@@H](CC(N)=O)C(=O)N[C@H](C(=O)N[C@@H](C)C(=O)N[C@@H](CC(C)C)C(=O)NCC(N)=O)CCC(=O)NCC(=O)N[C@H]1Cc1ccc(O)cc1. The fourth-order valence-corrected chi connectivity index (χ4v) is 6.64. The highest BCUT2D eigenvalue weighted by atomic mass is 16.3. The molecule has 370 valence electrons. The number of rotatable bonds is 18. The van der Waals surface area contributed by atoms with Crippen LogP contribution in [0.1, 0.15) is 85.1 Å². The van der Waals surface area contributed by atoms with Gasteiger partial charge in [0.2, 0.25) is 65.0 Å². The summed E-state index contributed by atoms with van der Waals surface area (Å²) in [6, 6.07) is -3.47. The van der Waals surface area contributed by atoms with E-state index in [4.69, 9.17) is 17.2 Å². The zero-order chi connectivity index (χ0) is 50.5. The first-order chi connectivity index (χ1) is 31.4. The lowest BCUT2D eigenvalue weighted by atomic mass is 9.95. The van der Waals surface area contributed by atoms with Crippen molar-refractivity contribution >= 4 is 65.0 Å². The highest BCUT2D eigenvalue weighted by Crippen LogP contribution is 2.17. The maximum absolute atomic E-state index is 14.1. The number of nitrogens with one attached hydrogen (secondary N) is 9. The smallest absolute Gasteiger partial charge is 0.243 e. The topological polar surface area (TPSA) is 394 Å². The van der Waals surface area contributed by atoms with E-state index in [1.165, 1.54) is 19.1 Å². The quantitative estimate of drug-likeness (QED) is 0.0670. The lowest BCUT2D eigenvalue weighted by molar-refractivity contribution is -0.136. The van der Waals surface area contributed by atoms with Crippen molar-refractivity contribution < 1.29 is 57.8 Å². The Morgan fingerprint density at radius 3 is 1.97 bits per heavy atom. The predicted octanol–water partition coefficient (Wildman–Crippen LogP) is -3.92. The van der Waals surface area contributed by atoms with Crippen LogP contribution in [0.5, 0.6) is 5.75 Å². The second kappa shape index (κ2) is 27.3. The van der Waals surface area contributed by atoms with Crippen LogP contribution in [0, 0.1) is 11.8 Å². The van der Waals surface area contributed by atoms with Crippen LogP contribution in [-0.4, -0.2) is 125 Å². The standard InChI is InChI=1S/C43H66N12O12/c1-7-22(4)37-43(67)53-27(12-14-32(44)57)41(65)55-31(18-33(45)58)42(66)52-28(40(64)50-24(6)38(62)54-30(16-21(2)3)39(63)48-19-34(46)59)13-15-35(60)47-20-36(61)51-29(23(5)49-37)17-25-8-10-26(56)11-9-25/h8-11,21-22,24,27-31,37,49,56H,5,7,12-20H2,1-4,6H3,(H2,44,57)(H2,45,58)(H2,46,59)(H,47,60)(H,48,63)(H,50,64)(H,51,61)(H,52,66)(H,53,67)(H,54,62)(H,55,65)/t22-,24-,27-,28-,29-,30-,31-,37-/m0/s1. The molecule has 1 aliphatic heterocycles. The third-order valence-electron chi connectivity index (χ3n) is 10.6. The molecule has 24 nitrogen and oxygen atoms in total. The summed E-state index contributed by atoms with van der Waals surface area (Å²) in [5.41, 5.74) is 16.8. The molecular weight excluding hydrogens is 877 g/mol. The number of phenols is 1. The fourth-order valence-electron chi connectivity index (χ4n) is 6.64. The van der Waals surface area contributed by atoms with Gasteiger partial charge in [-0.2, -0.15) is 0 Å². The van der Waals surface area contributed by atoms with Crippen molar-refractivity contribution in [3.63, 3.8) is 0 Å². The highest BCUT2D eigenvalue weighted by Gasteiger charge is 2.35. The normalized spacial score (nSPS) is 21.6. The molecule has 0 aliphatic carbocycles. The van der Waals surface area contributed by atoms with E-state index in [1.807, 2.05) is 0 Å². The predicted molar refractivity (Wildman–Crippen MR) is 241 cm³/mol. The first kappa shape index (κ1) is 55.9. The molecule has 11 amide bonds. The van der Waals surface area contributed by atoms with Crippen molar-refractivity contribution in [1.29, 1.82) is 0 Å². The zero-order valence-corrected chi connectivity index (χ0v) is 38.5. The maximum atomic E-state index is 14.1. The Hall–Kier alpha value is -7.27. The monoisotopic (exact) mass is 942 g/mol. The lowest BCUT2D eigenvalue weighted by Gasteiger charge is -2.31.